The highest BCUT2D eigenvalue weighted by Crippen LogP contribution is 2.35. The zero-order valence-electron chi connectivity index (χ0n) is 12.2. The van der Waals surface area contributed by atoms with Crippen LogP contribution in [0.15, 0.2) is 0 Å². The fourth-order valence-corrected chi connectivity index (χ4v) is 3.76. The molecule has 0 N–H and O–H groups in total. The molecule has 2 rings (SSSR count). The number of rotatable bonds is 3. The van der Waals surface area contributed by atoms with Gasteiger partial charge in [-0.05, 0) is 59.7 Å². The number of hydrogen-bond acceptors (Lipinski definition) is 3. The van der Waals surface area contributed by atoms with Crippen LogP contribution in [0.3, 0.4) is 0 Å². The van der Waals surface area contributed by atoms with E-state index in [9.17, 15) is 5.26 Å². The van der Waals surface area contributed by atoms with Gasteiger partial charge in [0.1, 0.15) is 5.54 Å². The molecule has 0 spiro atoms. The Balaban J connectivity index is 1.91. The third kappa shape index (κ3) is 2.55. The van der Waals surface area contributed by atoms with E-state index in [1.807, 2.05) is 14.1 Å². The molecule has 0 saturated heterocycles. The van der Waals surface area contributed by atoms with Crippen LogP contribution in [-0.4, -0.2) is 48.6 Å². The first kappa shape index (κ1) is 13.8. The van der Waals surface area contributed by atoms with Crippen LogP contribution in [0, 0.1) is 11.3 Å². The Kier molecular flexibility index (Phi) is 4.29. The molecule has 0 atom stereocenters. The second kappa shape index (κ2) is 5.59. The van der Waals surface area contributed by atoms with Gasteiger partial charge in [-0.25, -0.2) is 0 Å². The first-order valence-electron chi connectivity index (χ1n) is 7.40. The molecule has 102 valence electrons. The lowest BCUT2D eigenvalue weighted by Gasteiger charge is -2.43. The maximum Gasteiger partial charge on any atom is 0.108 e. The van der Waals surface area contributed by atoms with Crippen LogP contribution in [0.1, 0.15) is 51.4 Å². The van der Waals surface area contributed by atoms with Crippen molar-refractivity contribution in [2.45, 2.75) is 69.0 Å². The standard InChI is InChI=1S/C15H27N3/c1-17(2)15(12-16)10-8-14(9-11-15)18(3)13-6-4-5-7-13/h13-14H,4-11H2,1-3H3. The highest BCUT2D eigenvalue weighted by atomic mass is 15.2. The normalized spacial score (nSPS) is 34.1. The van der Waals surface area contributed by atoms with Gasteiger partial charge >= 0.3 is 0 Å². The summed E-state index contributed by atoms with van der Waals surface area (Å²) in [6.07, 6.45) is 9.98. The molecule has 0 aromatic heterocycles. The molecule has 0 aliphatic heterocycles. The van der Waals surface area contributed by atoms with Crippen molar-refractivity contribution in [1.82, 2.24) is 9.80 Å². The van der Waals surface area contributed by atoms with Crippen LogP contribution in [0.2, 0.25) is 0 Å². The molecule has 2 aliphatic rings. The van der Waals surface area contributed by atoms with Crippen LogP contribution in [-0.2, 0) is 0 Å². The molecule has 2 fully saturated rings. The second-order valence-electron chi connectivity index (χ2n) is 6.37. The van der Waals surface area contributed by atoms with E-state index in [1.54, 1.807) is 0 Å². The summed E-state index contributed by atoms with van der Waals surface area (Å²) in [5.41, 5.74) is -0.201. The van der Waals surface area contributed by atoms with Gasteiger partial charge in [0.05, 0.1) is 6.07 Å². The smallest absolute Gasteiger partial charge is 0.108 e. The summed E-state index contributed by atoms with van der Waals surface area (Å²) in [5, 5.41) is 9.44. The molecule has 0 heterocycles. The SMILES string of the molecule is CN(C1CCCC1)C1CCC(C#N)(N(C)C)CC1. The predicted molar refractivity (Wildman–Crippen MR) is 74.3 cm³/mol. The monoisotopic (exact) mass is 249 g/mol. The summed E-state index contributed by atoms with van der Waals surface area (Å²) in [6.45, 7) is 0. The highest BCUT2D eigenvalue weighted by molar-refractivity contribution is 5.10. The van der Waals surface area contributed by atoms with Crippen LogP contribution in [0.4, 0.5) is 0 Å². The van der Waals surface area contributed by atoms with Crippen molar-refractivity contribution in [1.29, 1.82) is 5.26 Å². The Morgan fingerprint density at radius 1 is 0.944 bits per heavy atom. The quantitative estimate of drug-likeness (QED) is 0.770. The van der Waals surface area contributed by atoms with Gasteiger partial charge < -0.3 is 4.90 Å². The molecular weight excluding hydrogens is 222 g/mol. The summed E-state index contributed by atoms with van der Waals surface area (Å²) in [7, 11) is 6.39. The summed E-state index contributed by atoms with van der Waals surface area (Å²) in [4.78, 5) is 4.74. The first-order chi connectivity index (χ1) is 8.59. The number of hydrogen-bond donors (Lipinski definition) is 0. The lowest BCUT2D eigenvalue weighted by atomic mass is 9.79. The maximum absolute atomic E-state index is 9.44. The Bertz CT molecular complexity index is 304. The first-order valence-corrected chi connectivity index (χ1v) is 7.40. The molecule has 0 aromatic rings. The van der Waals surface area contributed by atoms with Crippen LogP contribution >= 0.6 is 0 Å². The lowest BCUT2D eigenvalue weighted by Crippen LogP contribution is -2.50. The van der Waals surface area contributed by atoms with Gasteiger partial charge in [-0.2, -0.15) is 5.26 Å². The summed E-state index contributed by atoms with van der Waals surface area (Å²) in [5.74, 6) is 0. The molecule has 2 saturated carbocycles. The van der Waals surface area contributed by atoms with Crippen LogP contribution in [0.5, 0.6) is 0 Å². The van der Waals surface area contributed by atoms with Gasteiger partial charge in [0.2, 0.25) is 0 Å². The van der Waals surface area contributed by atoms with E-state index < -0.39 is 0 Å². The molecular formula is C15H27N3. The molecule has 18 heavy (non-hydrogen) atoms. The zero-order valence-corrected chi connectivity index (χ0v) is 12.2. The van der Waals surface area contributed by atoms with Crippen molar-refractivity contribution in [3.05, 3.63) is 0 Å². The van der Waals surface area contributed by atoms with Crippen LogP contribution in [0.25, 0.3) is 0 Å². The van der Waals surface area contributed by atoms with E-state index in [-0.39, 0.29) is 5.54 Å². The Morgan fingerprint density at radius 2 is 1.44 bits per heavy atom. The third-order valence-electron chi connectivity index (χ3n) is 5.32. The third-order valence-corrected chi connectivity index (χ3v) is 5.32. The Hall–Kier alpha value is -0.590. The summed E-state index contributed by atoms with van der Waals surface area (Å²) < 4.78 is 0. The average molecular weight is 249 g/mol. The highest BCUT2D eigenvalue weighted by Gasteiger charge is 2.39. The predicted octanol–water partition coefficient (Wildman–Crippen LogP) is 2.63. The zero-order chi connectivity index (χ0) is 13.2. The van der Waals surface area contributed by atoms with Gasteiger partial charge in [0.25, 0.3) is 0 Å². The fraction of sp³-hybridized carbons (Fsp3) is 0.933. The average Bonchev–Trinajstić information content (AvgIpc) is 2.91. The van der Waals surface area contributed by atoms with Crippen molar-refractivity contribution >= 4 is 0 Å². The van der Waals surface area contributed by atoms with E-state index in [0.29, 0.717) is 6.04 Å². The topological polar surface area (TPSA) is 30.3 Å². The molecule has 0 unspecified atom stereocenters. The van der Waals surface area contributed by atoms with Gasteiger partial charge in [-0.15, -0.1) is 0 Å². The van der Waals surface area contributed by atoms with Crippen molar-refractivity contribution in [2.75, 3.05) is 21.1 Å². The van der Waals surface area contributed by atoms with Crippen molar-refractivity contribution < 1.29 is 0 Å². The molecule has 0 aromatic carbocycles. The van der Waals surface area contributed by atoms with Crippen molar-refractivity contribution in [2.24, 2.45) is 0 Å². The van der Waals surface area contributed by atoms with Gasteiger partial charge in [-0.1, -0.05) is 12.8 Å². The van der Waals surface area contributed by atoms with E-state index in [0.717, 1.165) is 18.9 Å². The molecule has 3 nitrogen and oxygen atoms in total. The van der Waals surface area contributed by atoms with E-state index in [1.165, 1.54) is 38.5 Å². The second-order valence-corrected chi connectivity index (χ2v) is 6.37. The van der Waals surface area contributed by atoms with Gasteiger partial charge in [0.15, 0.2) is 0 Å². The molecule has 0 radical (unpaired) electrons. The lowest BCUT2D eigenvalue weighted by molar-refractivity contribution is 0.0782. The van der Waals surface area contributed by atoms with E-state index >= 15 is 0 Å². The summed E-state index contributed by atoms with van der Waals surface area (Å²) in [6, 6.07) is 4.07. The van der Waals surface area contributed by atoms with E-state index in [2.05, 4.69) is 22.9 Å². The Labute approximate surface area is 112 Å². The maximum atomic E-state index is 9.44. The molecule has 2 aliphatic carbocycles. The Morgan fingerprint density at radius 3 is 1.89 bits per heavy atom. The minimum Gasteiger partial charge on any atom is -0.300 e. The number of nitrogens with zero attached hydrogens (tertiary/aromatic N) is 3. The van der Waals surface area contributed by atoms with E-state index in [4.69, 9.17) is 0 Å². The largest absolute Gasteiger partial charge is 0.300 e. The van der Waals surface area contributed by atoms with Crippen molar-refractivity contribution in [3.63, 3.8) is 0 Å². The molecule has 0 bridgehead atoms. The number of nitriles is 1. The van der Waals surface area contributed by atoms with Gasteiger partial charge in [0, 0.05) is 12.1 Å². The fourth-order valence-electron chi connectivity index (χ4n) is 3.76. The van der Waals surface area contributed by atoms with Gasteiger partial charge in [-0.3, -0.25) is 4.90 Å². The minimum absolute atomic E-state index is 0.201. The molecule has 3 heteroatoms. The summed E-state index contributed by atoms with van der Waals surface area (Å²) >= 11 is 0. The van der Waals surface area contributed by atoms with Crippen LogP contribution < -0.4 is 0 Å². The minimum atomic E-state index is -0.201. The molecule has 0 amide bonds. The van der Waals surface area contributed by atoms with Crippen molar-refractivity contribution in [3.8, 4) is 6.07 Å².